The minimum absolute atomic E-state index is 0.0676. The Hall–Kier alpha value is -1.85. The zero-order valence-corrected chi connectivity index (χ0v) is 14.7. The lowest BCUT2D eigenvalue weighted by Crippen LogP contribution is -2.39. The second kappa shape index (κ2) is 7.62. The summed E-state index contributed by atoms with van der Waals surface area (Å²) in [6.07, 6.45) is 1.69. The van der Waals surface area contributed by atoms with Crippen molar-refractivity contribution in [2.45, 2.75) is 39.4 Å². The number of rotatable bonds is 6. The Bertz CT molecular complexity index is 668. The Morgan fingerprint density at radius 3 is 2.65 bits per heavy atom. The van der Waals surface area contributed by atoms with Crippen LogP contribution in [0.3, 0.4) is 0 Å². The molecule has 0 aliphatic rings. The van der Waals surface area contributed by atoms with E-state index in [9.17, 15) is 4.79 Å². The van der Waals surface area contributed by atoms with Crippen LogP contribution in [0.4, 0.5) is 5.82 Å². The van der Waals surface area contributed by atoms with Gasteiger partial charge in [-0.1, -0.05) is 29.8 Å². The van der Waals surface area contributed by atoms with Gasteiger partial charge in [0.25, 0.3) is 0 Å². The van der Waals surface area contributed by atoms with Gasteiger partial charge in [0.1, 0.15) is 5.82 Å². The molecule has 2 rings (SSSR count). The quantitative estimate of drug-likeness (QED) is 0.878. The summed E-state index contributed by atoms with van der Waals surface area (Å²) >= 11 is 6.18. The monoisotopic (exact) mass is 334 g/mol. The van der Waals surface area contributed by atoms with Crippen LogP contribution in [0.2, 0.25) is 5.02 Å². The summed E-state index contributed by atoms with van der Waals surface area (Å²) in [7, 11) is 1.91. The lowest BCUT2D eigenvalue weighted by Gasteiger charge is -2.24. The Kier molecular flexibility index (Phi) is 5.80. The van der Waals surface area contributed by atoms with Gasteiger partial charge in [0.05, 0.1) is 12.2 Å². The van der Waals surface area contributed by atoms with Crippen molar-refractivity contribution in [1.29, 1.82) is 0 Å². The van der Waals surface area contributed by atoms with E-state index < -0.39 is 0 Å². The van der Waals surface area contributed by atoms with Crippen molar-refractivity contribution in [3.05, 3.63) is 47.1 Å². The van der Waals surface area contributed by atoms with Crippen molar-refractivity contribution in [2.75, 3.05) is 12.4 Å². The molecule has 1 amide bonds. The summed E-state index contributed by atoms with van der Waals surface area (Å²) in [4.78, 5) is 14.4. The number of carbonyl (C=O) groups excluding carboxylic acids is 1. The number of benzene rings is 1. The third-order valence-corrected chi connectivity index (χ3v) is 4.20. The van der Waals surface area contributed by atoms with Crippen LogP contribution in [0.5, 0.6) is 0 Å². The number of hydrogen-bond acceptors (Lipinski definition) is 3. The van der Waals surface area contributed by atoms with Crippen molar-refractivity contribution >= 4 is 23.3 Å². The SMILES string of the molecule is CC(C(=O)Nc1ccnn1C(C)C)N(C)Cc1ccccc1Cl. The summed E-state index contributed by atoms with van der Waals surface area (Å²) in [6.45, 7) is 6.53. The summed E-state index contributed by atoms with van der Waals surface area (Å²) in [5, 5.41) is 7.88. The number of hydrogen-bond donors (Lipinski definition) is 1. The predicted octanol–water partition coefficient (Wildman–Crippen LogP) is 3.58. The Labute approximate surface area is 142 Å². The number of anilines is 1. The maximum atomic E-state index is 12.5. The highest BCUT2D eigenvalue weighted by Gasteiger charge is 2.20. The van der Waals surface area contributed by atoms with Crippen LogP contribution in [0.15, 0.2) is 36.5 Å². The van der Waals surface area contributed by atoms with Crippen molar-refractivity contribution in [3.8, 4) is 0 Å². The lowest BCUT2D eigenvalue weighted by atomic mass is 10.2. The van der Waals surface area contributed by atoms with Crippen LogP contribution in [-0.4, -0.2) is 33.7 Å². The van der Waals surface area contributed by atoms with Gasteiger partial charge >= 0.3 is 0 Å². The molecule has 0 radical (unpaired) electrons. The van der Waals surface area contributed by atoms with Crippen LogP contribution in [0, 0.1) is 0 Å². The fraction of sp³-hybridized carbons (Fsp3) is 0.412. The highest BCUT2D eigenvalue weighted by molar-refractivity contribution is 6.31. The van der Waals surface area contributed by atoms with E-state index in [-0.39, 0.29) is 18.0 Å². The first-order chi connectivity index (χ1) is 10.9. The molecule has 0 spiro atoms. The van der Waals surface area contributed by atoms with Crippen LogP contribution in [-0.2, 0) is 11.3 Å². The first-order valence-electron chi connectivity index (χ1n) is 7.68. The Morgan fingerprint density at radius 2 is 2.00 bits per heavy atom. The molecule has 124 valence electrons. The molecule has 0 fully saturated rings. The Morgan fingerprint density at radius 1 is 1.30 bits per heavy atom. The number of nitrogens with zero attached hydrogens (tertiary/aromatic N) is 3. The number of carbonyl (C=O) groups is 1. The molecule has 0 aliphatic carbocycles. The van der Waals surface area contributed by atoms with Crippen molar-refractivity contribution < 1.29 is 4.79 Å². The minimum atomic E-state index is -0.290. The predicted molar refractivity (Wildman–Crippen MR) is 93.6 cm³/mol. The maximum absolute atomic E-state index is 12.5. The van der Waals surface area contributed by atoms with Gasteiger partial charge < -0.3 is 5.32 Å². The molecule has 5 nitrogen and oxygen atoms in total. The normalized spacial score (nSPS) is 12.7. The maximum Gasteiger partial charge on any atom is 0.242 e. The summed E-state index contributed by atoms with van der Waals surface area (Å²) in [5.41, 5.74) is 1.00. The standard InChI is InChI=1S/C17H23ClN4O/c1-12(2)22-16(9-10-19-22)20-17(23)13(3)21(4)11-14-7-5-6-8-15(14)18/h5-10,12-13H,11H2,1-4H3,(H,20,23). The third-order valence-electron chi connectivity index (χ3n) is 3.83. The molecule has 1 aromatic heterocycles. The van der Waals surface area contributed by atoms with Crippen molar-refractivity contribution in [2.24, 2.45) is 0 Å². The van der Waals surface area contributed by atoms with E-state index in [0.717, 1.165) is 5.56 Å². The summed E-state index contributed by atoms with van der Waals surface area (Å²) in [6, 6.07) is 9.38. The van der Waals surface area contributed by atoms with Crippen LogP contribution < -0.4 is 5.32 Å². The molecule has 1 atom stereocenters. The van der Waals surface area contributed by atoms with Gasteiger partial charge in [-0.15, -0.1) is 0 Å². The van der Waals surface area contributed by atoms with Crippen LogP contribution >= 0.6 is 11.6 Å². The smallest absolute Gasteiger partial charge is 0.242 e. The number of aromatic nitrogens is 2. The van der Waals surface area contributed by atoms with Gasteiger partial charge in [0.15, 0.2) is 0 Å². The molecule has 0 bridgehead atoms. The first kappa shape index (κ1) is 17.5. The largest absolute Gasteiger partial charge is 0.310 e. The topological polar surface area (TPSA) is 50.2 Å². The zero-order valence-electron chi connectivity index (χ0n) is 14.0. The van der Waals surface area contributed by atoms with Gasteiger partial charge in [0, 0.05) is 23.7 Å². The molecule has 1 heterocycles. The molecule has 23 heavy (non-hydrogen) atoms. The summed E-state index contributed by atoms with van der Waals surface area (Å²) < 4.78 is 1.79. The molecule has 2 aromatic rings. The molecule has 1 unspecified atom stereocenters. The average molecular weight is 335 g/mol. The lowest BCUT2D eigenvalue weighted by molar-refractivity contribution is -0.120. The summed E-state index contributed by atoms with van der Waals surface area (Å²) in [5.74, 6) is 0.643. The fourth-order valence-corrected chi connectivity index (χ4v) is 2.48. The van der Waals surface area contributed by atoms with E-state index >= 15 is 0 Å². The van der Waals surface area contributed by atoms with E-state index in [0.29, 0.717) is 17.4 Å². The van der Waals surface area contributed by atoms with Gasteiger partial charge in [-0.05, 0) is 39.4 Å². The molecular formula is C17H23ClN4O. The number of likely N-dealkylation sites (N-methyl/N-ethyl adjacent to an activating group) is 1. The van der Waals surface area contributed by atoms with E-state index in [1.54, 1.807) is 16.9 Å². The second-order valence-corrected chi connectivity index (χ2v) is 6.33. The fourth-order valence-electron chi connectivity index (χ4n) is 2.29. The molecule has 0 saturated heterocycles. The van der Waals surface area contributed by atoms with Gasteiger partial charge in [-0.25, -0.2) is 4.68 Å². The van der Waals surface area contributed by atoms with Crippen molar-refractivity contribution in [3.63, 3.8) is 0 Å². The number of amides is 1. The van der Waals surface area contributed by atoms with E-state index in [4.69, 9.17) is 11.6 Å². The number of nitrogens with one attached hydrogen (secondary N) is 1. The second-order valence-electron chi connectivity index (χ2n) is 5.93. The van der Waals surface area contributed by atoms with E-state index in [2.05, 4.69) is 10.4 Å². The van der Waals surface area contributed by atoms with Crippen molar-refractivity contribution in [1.82, 2.24) is 14.7 Å². The average Bonchev–Trinajstić information content (AvgIpc) is 2.97. The van der Waals surface area contributed by atoms with Gasteiger partial charge in [0.2, 0.25) is 5.91 Å². The molecule has 0 aliphatic heterocycles. The zero-order chi connectivity index (χ0) is 17.0. The third kappa shape index (κ3) is 4.33. The van der Waals surface area contributed by atoms with E-state index in [1.165, 1.54) is 0 Å². The minimum Gasteiger partial charge on any atom is -0.310 e. The van der Waals surface area contributed by atoms with Crippen LogP contribution in [0.1, 0.15) is 32.4 Å². The molecular weight excluding hydrogens is 312 g/mol. The molecule has 1 aromatic carbocycles. The van der Waals surface area contributed by atoms with Crippen LogP contribution in [0.25, 0.3) is 0 Å². The molecule has 0 saturated carbocycles. The molecule has 1 N–H and O–H groups in total. The molecule has 6 heteroatoms. The van der Waals surface area contributed by atoms with E-state index in [1.807, 2.05) is 57.0 Å². The van der Waals surface area contributed by atoms with Gasteiger partial charge in [-0.3, -0.25) is 9.69 Å². The Balaban J connectivity index is 2.01. The number of halogens is 1. The highest BCUT2D eigenvalue weighted by atomic mass is 35.5. The first-order valence-corrected chi connectivity index (χ1v) is 8.06. The highest BCUT2D eigenvalue weighted by Crippen LogP contribution is 2.18. The van der Waals surface area contributed by atoms with Gasteiger partial charge in [-0.2, -0.15) is 5.10 Å².